The number of nitrogens with one attached hydrogen (secondary N) is 1. The molecule has 1 aliphatic rings. The number of ether oxygens (including phenoxy) is 3. The van der Waals surface area contributed by atoms with Crippen LogP contribution < -0.4 is 14.8 Å². The molecule has 1 aromatic rings. The van der Waals surface area contributed by atoms with Crippen LogP contribution in [0.5, 0.6) is 11.5 Å². The van der Waals surface area contributed by atoms with Crippen LogP contribution >= 0.6 is 0 Å². The van der Waals surface area contributed by atoms with Crippen LogP contribution in [0.2, 0.25) is 0 Å². The van der Waals surface area contributed by atoms with Crippen LogP contribution in [0.25, 0.3) is 0 Å². The van der Waals surface area contributed by atoms with E-state index in [1.807, 2.05) is 24.3 Å². The van der Waals surface area contributed by atoms with Crippen LogP contribution in [0.3, 0.4) is 0 Å². The Labute approximate surface area is 126 Å². The maximum Gasteiger partial charge on any atom is 0.119 e. The number of hydrogen-bond acceptors (Lipinski definition) is 5. The third-order valence-electron chi connectivity index (χ3n) is 3.57. The fraction of sp³-hybridized carbons (Fsp3) is 0.625. The van der Waals surface area contributed by atoms with Crippen LogP contribution in [0.4, 0.5) is 0 Å². The van der Waals surface area contributed by atoms with Crippen molar-refractivity contribution < 1.29 is 19.3 Å². The second-order valence-corrected chi connectivity index (χ2v) is 5.38. The molecule has 1 heterocycles. The average Bonchev–Trinajstić information content (AvgIpc) is 2.54. The minimum atomic E-state index is -0.517. The van der Waals surface area contributed by atoms with Gasteiger partial charge < -0.3 is 24.6 Å². The van der Waals surface area contributed by atoms with Gasteiger partial charge in [-0.2, -0.15) is 0 Å². The monoisotopic (exact) mass is 295 g/mol. The van der Waals surface area contributed by atoms with E-state index in [4.69, 9.17) is 14.2 Å². The van der Waals surface area contributed by atoms with Gasteiger partial charge in [0.25, 0.3) is 0 Å². The van der Waals surface area contributed by atoms with Gasteiger partial charge in [-0.15, -0.1) is 0 Å². The first-order valence-corrected chi connectivity index (χ1v) is 7.51. The Morgan fingerprint density at radius 1 is 1.33 bits per heavy atom. The van der Waals surface area contributed by atoms with E-state index in [2.05, 4.69) is 5.32 Å². The Hall–Kier alpha value is -1.30. The molecule has 0 aromatic heterocycles. The lowest BCUT2D eigenvalue weighted by molar-refractivity contribution is 0.0516. The summed E-state index contributed by atoms with van der Waals surface area (Å²) >= 11 is 0. The van der Waals surface area contributed by atoms with Crippen LogP contribution in [-0.4, -0.2) is 51.2 Å². The van der Waals surface area contributed by atoms with Crippen LogP contribution in [-0.2, 0) is 4.74 Å². The molecule has 1 aromatic carbocycles. The molecule has 2 N–H and O–H groups in total. The maximum atomic E-state index is 9.90. The minimum Gasteiger partial charge on any atom is -0.497 e. The summed E-state index contributed by atoms with van der Waals surface area (Å²) in [5, 5.41) is 13.2. The summed E-state index contributed by atoms with van der Waals surface area (Å²) < 4.78 is 16.0. The predicted octanol–water partition coefficient (Wildman–Crippen LogP) is 1.45. The molecule has 0 aliphatic carbocycles. The molecule has 2 unspecified atom stereocenters. The molecule has 2 atom stereocenters. The van der Waals surface area contributed by atoms with Crippen molar-refractivity contribution >= 4 is 0 Å². The molecule has 0 saturated carbocycles. The largest absolute Gasteiger partial charge is 0.497 e. The first kappa shape index (κ1) is 16.1. The summed E-state index contributed by atoms with van der Waals surface area (Å²) in [6.07, 6.45) is 1.82. The third kappa shape index (κ3) is 5.91. The summed E-state index contributed by atoms with van der Waals surface area (Å²) in [5.74, 6) is 2.09. The molecule has 0 amide bonds. The number of hydrogen-bond donors (Lipinski definition) is 2. The second-order valence-electron chi connectivity index (χ2n) is 5.38. The number of methoxy groups -OCH3 is 1. The van der Waals surface area contributed by atoms with Crippen molar-refractivity contribution in [1.82, 2.24) is 5.32 Å². The molecule has 1 saturated heterocycles. The smallest absolute Gasteiger partial charge is 0.119 e. The first-order valence-electron chi connectivity index (χ1n) is 7.51. The highest BCUT2D eigenvalue weighted by Crippen LogP contribution is 2.17. The van der Waals surface area contributed by atoms with Crippen LogP contribution in [0.15, 0.2) is 24.3 Å². The highest BCUT2D eigenvalue weighted by atomic mass is 16.5. The molecule has 0 spiro atoms. The molecular formula is C16H25NO4. The van der Waals surface area contributed by atoms with Gasteiger partial charge in [-0.05, 0) is 43.0 Å². The van der Waals surface area contributed by atoms with Crippen molar-refractivity contribution in [2.75, 3.05) is 40.0 Å². The van der Waals surface area contributed by atoms with Crippen molar-refractivity contribution in [3.05, 3.63) is 24.3 Å². The molecule has 5 nitrogen and oxygen atoms in total. The zero-order valence-electron chi connectivity index (χ0n) is 12.6. The summed E-state index contributed by atoms with van der Waals surface area (Å²) in [4.78, 5) is 0. The van der Waals surface area contributed by atoms with Gasteiger partial charge in [0.15, 0.2) is 0 Å². The lowest BCUT2D eigenvalue weighted by Gasteiger charge is -2.23. The van der Waals surface area contributed by atoms with Gasteiger partial charge in [-0.3, -0.25) is 0 Å². The Kier molecular flexibility index (Phi) is 6.79. The highest BCUT2D eigenvalue weighted by molar-refractivity contribution is 5.31. The fourth-order valence-corrected chi connectivity index (χ4v) is 2.35. The Bertz CT molecular complexity index is 390. The number of aliphatic hydroxyl groups is 1. The Balaban J connectivity index is 1.59. The predicted molar refractivity (Wildman–Crippen MR) is 80.9 cm³/mol. The summed E-state index contributed by atoms with van der Waals surface area (Å²) in [6.45, 7) is 3.41. The zero-order valence-corrected chi connectivity index (χ0v) is 12.6. The molecule has 118 valence electrons. The molecular weight excluding hydrogens is 270 g/mol. The van der Waals surface area contributed by atoms with E-state index in [9.17, 15) is 5.11 Å². The van der Waals surface area contributed by atoms with Gasteiger partial charge in [-0.1, -0.05) is 0 Å². The molecule has 21 heavy (non-hydrogen) atoms. The van der Waals surface area contributed by atoms with Crippen molar-refractivity contribution in [1.29, 1.82) is 0 Å². The van der Waals surface area contributed by atoms with E-state index >= 15 is 0 Å². The van der Waals surface area contributed by atoms with E-state index in [0.717, 1.165) is 37.7 Å². The molecule has 0 radical (unpaired) electrons. The Morgan fingerprint density at radius 2 is 2.10 bits per heavy atom. The summed E-state index contributed by atoms with van der Waals surface area (Å²) in [6, 6.07) is 7.34. The summed E-state index contributed by atoms with van der Waals surface area (Å²) in [7, 11) is 1.63. The quantitative estimate of drug-likeness (QED) is 0.760. The van der Waals surface area contributed by atoms with E-state index in [1.165, 1.54) is 6.42 Å². The van der Waals surface area contributed by atoms with Gasteiger partial charge in [0.1, 0.15) is 24.2 Å². The van der Waals surface area contributed by atoms with E-state index < -0.39 is 6.10 Å². The van der Waals surface area contributed by atoms with Gasteiger partial charge in [0.2, 0.25) is 0 Å². The van der Waals surface area contributed by atoms with Crippen LogP contribution in [0.1, 0.15) is 12.8 Å². The SMILES string of the molecule is COc1ccc(OCC(O)CNCC2CCCOC2)cc1. The van der Waals surface area contributed by atoms with Gasteiger partial charge in [-0.25, -0.2) is 0 Å². The maximum absolute atomic E-state index is 9.90. The number of aliphatic hydroxyl groups excluding tert-OH is 1. The van der Waals surface area contributed by atoms with Gasteiger partial charge >= 0.3 is 0 Å². The lowest BCUT2D eigenvalue weighted by Crippen LogP contribution is -2.36. The molecule has 1 fully saturated rings. The van der Waals surface area contributed by atoms with E-state index in [0.29, 0.717) is 12.5 Å². The standard InChI is InChI=1S/C16H25NO4/c1-19-15-4-6-16(7-5-15)21-12-14(18)10-17-9-13-3-2-8-20-11-13/h4-7,13-14,17-18H,2-3,8-12H2,1H3. The van der Waals surface area contributed by atoms with Crippen molar-refractivity contribution in [3.8, 4) is 11.5 Å². The average molecular weight is 295 g/mol. The molecule has 0 bridgehead atoms. The normalized spacial score (nSPS) is 20.0. The first-order chi connectivity index (χ1) is 10.3. The summed E-state index contributed by atoms with van der Waals surface area (Å²) in [5.41, 5.74) is 0. The number of rotatable bonds is 8. The zero-order chi connectivity index (χ0) is 14.9. The lowest BCUT2D eigenvalue weighted by atomic mass is 10.0. The fourth-order valence-electron chi connectivity index (χ4n) is 2.35. The second kappa shape index (κ2) is 8.87. The molecule has 5 heteroatoms. The third-order valence-corrected chi connectivity index (χ3v) is 3.57. The van der Waals surface area contributed by atoms with Crippen LogP contribution in [0, 0.1) is 5.92 Å². The van der Waals surface area contributed by atoms with Crippen molar-refractivity contribution in [2.45, 2.75) is 18.9 Å². The van der Waals surface area contributed by atoms with Crippen molar-refractivity contribution in [3.63, 3.8) is 0 Å². The number of benzene rings is 1. The highest BCUT2D eigenvalue weighted by Gasteiger charge is 2.14. The van der Waals surface area contributed by atoms with Gasteiger partial charge in [0.05, 0.1) is 13.7 Å². The van der Waals surface area contributed by atoms with E-state index in [-0.39, 0.29) is 6.61 Å². The molecule has 2 rings (SSSR count). The van der Waals surface area contributed by atoms with Gasteiger partial charge in [0, 0.05) is 19.7 Å². The molecule has 1 aliphatic heterocycles. The van der Waals surface area contributed by atoms with Crippen molar-refractivity contribution in [2.24, 2.45) is 5.92 Å². The topological polar surface area (TPSA) is 60.0 Å². The Morgan fingerprint density at radius 3 is 2.76 bits per heavy atom. The van der Waals surface area contributed by atoms with E-state index in [1.54, 1.807) is 7.11 Å². The minimum absolute atomic E-state index is 0.278.